The molecule has 0 aromatic carbocycles. The van der Waals surface area contributed by atoms with Crippen LogP contribution < -0.4 is 0 Å². The monoisotopic (exact) mass is 267 g/mol. The van der Waals surface area contributed by atoms with E-state index in [1.807, 2.05) is 0 Å². The molecule has 2 rings (SSSR count). The van der Waals surface area contributed by atoms with Gasteiger partial charge >= 0.3 is 0 Å². The summed E-state index contributed by atoms with van der Waals surface area (Å²) in [5.41, 5.74) is 1.21. The number of hydrogen-bond acceptors (Lipinski definition) is 5. The summed E-state index contributed by atoms with van der Waals surface area (Å²) in [6.45, 7) is 1.64. The molecule has 6 nitrogen and oxygen atoms in total. The Morgan fingerprint density at radius 1 is 1.33 bits per heavy atom. The minimum absolute atomic E-state index is 0.520. The van der Waals surface area contributed by atoms with Crippen molar-refractivity contribution < 1.29 is 12.6 Å². The average molecular weight is 267 g/mol. The van der Waals surface area contributed by atoms with Crippen LogP contribution in [-0.4, -0.2) is 29.4 Å². The molecule has 2 heterocycles. The van der Waals surface area contributed by atoms with Gasteiger partial charge in [-0.15, -0.1) is 0 Å². The minimum atomic E-state index is -3.53. The Hall–Kier alpha value is -1.73. The fraction of sp³-hybridized carbons (Fsp3) is 0.273. The second kappa shape index (κ2) is 4.87. The smallest absolute Gasteiger partial charge is 0.261 e. The molecule has 0 radical (unpaired) electrons. The van der Waals surface area contributed by atoms with Gasteiger partial charge in [-0.3, -0.25) is 9.17 Å². The van der Waals surface area contributed by atoms with E-state index in [0.717, 1.165) is 6.26 Å². The van der Waals surface area contributed by atoms with E-state index >= 15 is 0 Å². The maximum atomic E-state index is 11.1. The number of aromatic nitrogens is 3. The van der Waals surface area contributed by atoms with Crippen LogP contribution in [0.2, 0.25) is 0 Å². The van der Waals surface area contributed by atoms with Crippen molar-refractivity contribution in [2.45, 2.75) is 13.0 Å². The Balaban J connectivity index is 2.40. The fourth-order valence-corrected chi connectivity index (χ4v) is 2.25. The van der Waals surface area contributed by atoms with E-state index in [0.29, 0.717) is 11.4 Å². The molecule has 0 N–H and O–H groups in total. The Bertz CT molecular complexity index is 623. The second-order valence-electron chi connectivity index (χ2n) is 3.80. The molecule has 0 aliphatic heterocycles. The van der Waals surface area contributed by atoms with E-state index in [4.69, 9.17) is 4.18 Å². The molecule has 0 saturated carbocycles. The third kappa shape index (κ3) is 2.93. The molecule has 2 aromatic heterocycles. The molecule has 1 atom stereocenters. The summed E-state index contributed by atoms with van der Waals surface area (Å²) in [5.74, 6) is 0. The number of rotatable bonds is 4. The Morgan fingerprint density at radius 3 is 2.72 bits per heavy atom. The third-order valence-electron chi connectivity index (χ3n) is 2.27. The van der Waals surface area contributed by atoms with Crippen molar-refractivity contribution in [3.8, 4) is 5.69 Å². The summed E-state index contributed by atoms with van der Waals surface area (Å²) < 4.78 is 28.8. The molecule has 0 aliphatic rings. The van der Waals surface area contributed by atoms with Crippen LogP contribution in [0, 0.1) is 0 Å². The Kier molecular flexibility index (Phi) is 3.44. The van der Waals surface area contributed by atoms with Crippen molar-refractivity contribution in [1.29, 1.82) is 0 Å². The molecule has 0 fully saturated rings. The molecule has 0 amide bonds. The molecular formula is C11H13N3O3S. The lowest BCUT2D eigenvalue weighted by Crippen LogP contribution is -2.12. The van der Waals surface area contributed by atoms with Crippen LogP contribution in [0.1, 0.15) is 18.7 Å². The Morgan fingerprint density at radius 2 is 2.11 bits per heavy atom. The molecule has 0 spiro atoms. The quantitative estimate of drug-likeness (QED) is 0.781. The first-order valence-electron chi connectivity index (χ1n) is 5.30. The highest BCUT2D eigenvalue weighted by molar-refractivity contribution is 7.86. The molecule has 96 valence electrons. The molecule has 0 saturated heterocycles. The predicted molar refractivity (Wildman–Crippen MR) is 65.7 cm³/mol. The summed E-state index contributed by atoms with van der Waals surface area (Å²) in [6.07, 6.45) is 5.33. The van der Waals surface area contributed by atoms with Crippen LogP contribution in [0.25, 0.3) is 5.69 Å². The lowest BCUT2D eigenvalue weighted by Gasteiger charge is -2.14. The van der Waals surface area contributed by atoms with E-state index in [1.165, 1.54) is 0 Å². The summed E-state index contributed by atoms with van der Waals surface area (Å²) in [5, 5.41) is 4.10. The highest BCUT2D eigenvalue weighted by Crippen LogP contribution is 2.22. The van der Waals surface area contributed by atoms with Gasteiger partial charge in [0, 0.05) is 18.6 Å². The van der Waals surface area contributed by atoms with Gasteiger partial charge in [0.25, 0.3) is 10.1 Å². The first-order chi connectivity index (χ1) is 8.47. The largest absolute Gasteiger partial charge is 0.265 e. The van der Waals surface area contributed by atoms with Gasteiger partial charge in [-0.25, -0.2) is 4.68 Å². The maximum absolute atomic E-state index is 11.1. The van der Waals surface area contributed by atoms with Gasteiger partial charge in [-0.1, -0.05) is 0 Å². The number of pyridine rings is 1. The highest BCUT2D eigenvalue weighted by atomic mass is 32.2. The summed E-state index contributed by atoms with van der Waals surface area (Å²) >= 11 is 0. The van der Waals surface area contributed by atoms with Gasteiger partial charge in [0.15, 0.2) is 0 Å². The van der Waals surface area contributed by atoms with Crippen LogP contribution in [-0.2, 0) is 14.3 Å². The molecule has 2 aromatic rings. The first-order valence-corrected chi connectivity index (χ1v) is 7.12. The van der Waals surface area contributed by atoms with Crippen molar-refractivity contribution >= 4 is 10.1 Å². The zero-order valence-electron chi connectivity index (χ0n) is 10.0. The summed E-state index contributed by atoms with van der Waals surface area (Å²) in [7, 11) is -3.53. The SMILES string of the molecule is CC(OS(C)(=O)=O)c1ncccc1-n1cccn1. The third-order valence-corrected chi connectivity index (χ3v) is 2.91. The molecule has 0 aliphatic carbocycles. The van der Waals surface area contributed by atoms with E-state index in [9.17, 15) is 8.42 Å². The lowest BCUT2D eigenvalue weighted by molar-refractivity contribution is 0.231. The van der Waals surface area contributed by atoms with Crippen molar-refractivity contribution in [3.63, 3.8) is 0 Å². The van der Waals surface area contributed by atoms with Crippen LogP contribution in [0.4, 0.5) is 0 Å². The first kappa shape index (κ1) is 12.7. The van der Waals surface area contributed by atoms with E-state index in [2.05, 4.69) is 10.1 Å². The molecular weight excluding hydrogens is 254 g/mol. The van der Waals surface area contributed by atoms with Gasteiger partial charge in [-0.2, -0.15) is 13.5 Å². The molecule has 1 unspecified atom stereocenters. The van der Waals surface area contributed by atoms with Gasteiger partial charge in [0.05, 0.1) is 17.6 Å². The summed E-state index contributed by atoms with van der Waals surface area (Å²) in [4.78, 5) is 4.17. The minimum Gasteiger partial charge on any atom is -0.261 e. The van der Waals surface area contributed by atoms with E-state index in [-0.39, 0.29) is 0 Å². The Labute approximate surface area is 105 Å². The van der Waals surface area contributed by atoms with Crippen LogP contribution in [0.5, 0.6) is 0 Å². The maximum Gasteiger partial charge on any atom is 0.265 e. The topological polar surface area (TPSA) is 74.1 Å². The van der Waals surface area contributed by atoms with Crippen LogP contribution in [0.3, 0.4) is 0 Å². The predicted octanol–water partition coefficient (Wildman–Crippen LogP) is 1.30. The number of nitrogens with zero attached hydrogens (tertiary/aromatic N) is 3. The zero-order chi connectivity index (χ0) is 13.2. The second-order valence-corrected chi connectivity index (χ2v) is 5.40. The van der Waals surface area contributed by atoms with Crippen LogP contribution >= 0.6 is 0 Å². The highest BCUT2D eigenvalue weighted by Gasteiger charge is 2.18. The normalized spacial score (nSPS) is 13.4. The summed E-state index contributed by atoms with van der Waals surface area (Å²) in [6, 6.07) is 5.34. The zero-order valence-corrected chi connectivity index (χ0v) is 10.8. The lowest BCUT2D eigenvalue weighted by atomic mass is 10.2. The fourth-order valence-electron chi connectivity index (χ4n) is 1.64. The van der Waals surface area contributed by atoms with Gasteiger partial charge in [-0.05, 0) is 25.1 Å². The van der Waals surface area contributed by atoms with E-state index in [1.54, 1.807) is 48.4 Å². The van der Waals surface area contributed by atoms with Crippen LogP contribution in [0.15, 0.2) is 36.8 Å². The molecule has 0 bridgehead atoms. The van der Waals surface area contributed by atoms with E-state index < -0.39 is 16.2 Å². The number of hydrogen-bond donors (Lipinski definition) is 0. The van der Waals surface area contributed by atoms with Crippen molar-refractivity contribution in [2.75, 3.05) is 6.26 Å². The van der Waals surface area contributed by atoms with Crippen molar-refractivity contribution in [2.24, 2.45) is 0 Å². The molecule has 18 heavy (non-hydrogen) atoms. The standard InChI is InChI=1S/C11H13N3O3S/c1-9(17-18(2,15)16)11-10(5-3-6-12-11)14-8-4-7-13-14/h3-9H,1-2H3. The average Bonchev–Trinajstić information content (AvgIpc) is 2.80. The van der Waals surface area contributed by atoms with Crippen molar-refractivity contribution in [1.82, 2.24) is 14.8 Å². The molecule has 7 heteroatoms. The van der Waals surface area contributed by atoms with Gasteiger partial charge < -0.3 is 0 Å². The van der Waals surface area contributed by atoms with Crippen molar-refractivity contribution in [3.05, 3.63) is 42.5 Å². The van der Waals surface area contributed by atoms with Gasteiger partial charge in [0.1, 0.15) is 6.10 Å². The van der Waals surface area contributed by atoms with Gasteiger partial charge in [0.2, 0.25) is 0 Å².